The molecule has 1 saturated heterocycles. The molecule has 1 aromatic heterocycles. The van der Waals surface area contributed by atoms with Crippen molar-refractivity contribution < 1.29 is 9.47 Å². The van der Waals surface area contributed by atoms with Gasteiger partial charge in [-0.2, -0.15) is 5.10 Å². The highest BCUT2D eigenvalue weighted by Crippen LogP contribution is 2.28. The number of hydrogen-bond acceptors (Lipinski definition) is 4. The van der Waals surface area contributed by atoms with Gasteiger partial charge in [-0.1, -0.05) is 0 Å². The highest BCUT2D eigenvalue weighted by molar-refractivity contribution is 5.28. The van der Waals surface area contributed by atoms with E-state index < -0.39 is 0 Å². The molecule has 0 bridgehead atoms. The molecule has 5 heteroatoms. The van der Waals surface area contributed by atoms with Crippen LogP contribution in [0.5, 0.6) is 0 Å². The first-order chi connectivity index (χ1) is 8.40. The van der Waals surface area contributed by atoms with Crippen LogP contribution in [0.1, 0.15) is 35.8 Å². The predicted octanol–water partition coefficient (Wildman–Crippen LogP) is 0.766. The van der Waals surface area contributed by atoms with Crippen LogP contribution in [0, 0.1) is 0 Å². The van der Waals surface area contributed by atoms with Gasteiger partial charge in [0.15, 0.2) is 0 Å². The molecule has 0 saturated carbocycles. The monoisotopic (exact) mass is 237 g/mol. The average Bonchev–Trinajstić information content (AvgIpc) is 2.78. The molecular formula is C12H19N3O2. The lowest BCUT2D eigenvalue weighted by Gasteiger charge is -2.25. The number of hydrogen-bond donors (Lipinski definition) is 1. The van der Waals surface area contributed by atoms with Crippen LogP contribution in [-0.4, -0.2) is 29.6 Å². The van der Waals surface area contributed by atoms with Crippen LogP contribution in [0.15, 0.2) is 0 Å². The zero-order chi connectivity index (χ0) is 11.7. The third-order valence-electron chi connectivity index (χ3n) is 3.67. The van der Waals surface area contributed by atoms with E-state index in [2.05, 4.69) is 4.68 Å². The van der Waals surface area contributed by atoms with Crippen LogP contribution < -0.4 is 5.73 Å². The number of fused-ring (bicyclic) bond motifs is 1. The summed E-state index contributed by atoms with van der Waals surface area (Å²) in [5.41, 5.74) is 9.39. The third-order valence-corrected chi connectivity index (χ3v) is 3.67. The van der Waals surface area contributed by atoms with E-state index in [-0.39, 0.29) is 0 Å². The van der Waals surface area contributed by atoms with Crippen molar-refractivity contribution in [3.8, 4) is 0 Å². The number of nitrogens with zero attached hydrogens (tertiary/aromatic N) is 2. The fraction of sp³-hybridized carbons (Fsp3) is 0.750. The van der Waals surface area contributed by atoms with E-state index in [9.17, 15) is 0 Å². The van der Waals surface area contributed by atoms with Crippen molar-refractivity contribution in [1.82, 2.24) is 9.78 Å². The Morgan fingerprint density at radius 2 is 2.06 bits per heavy atom. The number of rotatable bonds is 2. The summed E-state index contributed by atoms with van der Waals surface area (Å²) >= 11 is 0. The Kier molecular flexibility index (Phi) is 3.13. The van der Waals surface area contributed by atoms with Gasteiger partial charge in [-0.25, -0.2) is 0 Å². The Bertz CT molecular complexity index is 397. The predicted molar refractivity (Wildman–Crippen MR) is 62.6 cm³/mol. The summed E-state index contributed by atoms with van der Waals surface area (Å²) in [4.78, 5) is 0. The third kappa shape index (κ3) is 1.99. The van der Waals surface area contributed by atoms with Crippen LogP contribution in [0.2, 0.25) is 0 Å². The topological polar surface area (TPSA) is 62.3 Å². The second-order valence-electron chi connectivity index (χ2n) is 4.67. The largest absolute Gasteiger partial charge is 0.381 e. The molecule has 0 aromatic carbocycles. The number of aromatic nitrogens is 2. The molecule has 0 aliphatic carbocycles. The summed E-state index contributed by atoms with van der Waals surface area (Å²) in [6.07, 6.45) is 3.03. The van der Waals surface area contributed by atoms with Gasteiger partial charge in [-0.05, 0) is 19.3 Å². The van der Waals surface area contributed by atoms with Crippen LogP contribution >= 0.6 is 0 Å². The molecule has 2 aliphatic heterocycles. The summed E-state index contributed by atoms with van der Waals surface area (Å²) in [5, 5.41) is 4.69. The molecule has 3 rings (SSSR count). The normalized spacial score (nSPS) is 21.5. The van der Waals surface area contributed by atoms with Gasteiger partial charge in [0, 0.05) is 25.3 Å². The van der Waals surface area contributed by atoms with Crippen LogP contribution in [0.4, 0.5) is 0 Å². The second kappa shape index (κ2) is 4.76. The quantitative estimate of drug-likeness (QED) is 0.825. The second-order valence-corrected chi connectivity index (χ2v) is 4.67. The molecule has 0 spiro atoms. The minimum Gasteiger partial charge on any atom is -0.381 e. The van der Waals surface area contributed by atoms with Crippen molar-refractivity contribution in [2.24, 2.45) is 5.73 Å². The summed E-state index contributed by atoms with van der Waals surface area (Å²) in [7, 11) is 0. The average molecular weight is 237 g/mol. The van der Waals surface area contributed by atoms with Gasteiger partial charge in [0.2, 0.25) is 0 Å². The van der Waals surface area contributed by atoms with Crippen molar-refractivity contribution >= 4 is 0 Å². The Morgan fingerprint density at radius 3 is 2.82 bits per heavy atom. The van der Waals surface area contributed by atoms with Gasteiger partial charge < -0.3 is 15.2 Å². The lowest BCUT2D eigenvalue weighted by molar-refractivity contribution is 0.0589. The summed E-state index contributed by atoms with van der Waals surface area (Å²) < 4.78 is 13.1. The molecule has 5 nitrogen and oxygen atoms in total. The Labute approximate surface area is 101 Å². The molecule has 1 aromatic rings. The van der Waals surface area contributed by atoms with Crippen molar-refractivity contribution in [1.29, 1.82) is 0 Å². The van der Waals surface area contributed by atoms with E-state index in [0.717, 1.165) is 44.8 Å². The molecule has 3 heterocycles. The summed E-state index contributed by atoms with van der Waals surface area (Å²) in [6, 6.07) is 0.458. The highest BCUT2D eigenvalue weighted by atomic mass is 16.5. The maximum atomic E-state index is 5.78. The highest BCUT2D eigenvalue weighted by Gasteiger charge is 2.25. The maximum absolute atomic E-state index is 5.78. The van der Waals surface area contributed by atoms with Gasteiger partial charge in [0.1, 0.15) is 0 Å². The van der Waals surface area contributed by atoms with Crippen LogP contribution in [0.25, 0.3) is 0 Å². The van der Waals surface area contributed by atoms with E-state index in [1.54, 1.807) is 0 Å². The van der Waals surface area contributed by atoms with Crippen LogP contribution in [0.3, 0.4) is 0 Å². The Balaban J connectivity index is 1.95. The minimum atomic E-state index is 0.458. The van der Waals surface area contributed by atoms with Gasteiger partial charge in [-0.15, -0.1) is 0 Å². The van der Waals surface area contributed by atoms with Crippen molar-refractivity contribution in [3.63, 3.8) is 0 Å². The zero-order valence-electron chi connectivity index (χ0n) is 10.0. The van der Waals surface area contributed by atoms with Crippen molar-refractivity contribution in [2.75, 3.05) is 19.8 Å². The molecule has 0 radical (unpaired) electrons. The van der Waals surface area contributed by atoms with Gasteiger partial charge in [0.25, 0.3) is 0 Å². The number of nitrogens with two attached hydrogens (primary N) is 1. The molecular weight excluding hydrogens is 218 g/mol. The van der Waals surface area contributed by atoms with Crippen LogP contribution in [-0.2, 0) is 29.0 Å². The molecule has 1 fully saturated rings. The van der Waals surface area contributed by atoms with E-state index in [1.165, 1.54) is 11.3 Å². The van der Waals surface area contributed by atoms with Gasteiger partial charge in [0.05, 0.1) is 30.6 Å². The van der Waals surface area contributed by atoms with Crippen molar-refractivity contribution in [2.45, 2.75) is 38.5 Å². The van der Waals surface area contributed by atoms with Crippen molar-refractivity contribution in [3.05, 3.63) is 17.0 Å². The number of ether oxygens (including phenoxy) is 2. The molecule has 0 atom stereocenters. The lowest BCUT2D eigenvalue weighted by atomic mass is 10.1. The van der Waals surface area contributed by atoms with E-state index in [4.69, 9.17) is 20.3 Å². The Hall–Kier alpha value is -0.910. The Morgan fingerprint density at radius 1 is 1.24 bits per heavy atom. The maximum Gasteiger partial charge on any atom is 0.0887 e. The molecule has 2 aliphatic rings. The first-order valence-corrected chi connectivity index (χ1v) is 6.35. The smallest absolute Gasteiger partial charge is 0.0887 e. The molecule has 0 unspecified atom stereocenters. The van der Waals surface area contributed by atoms with E-state index in [0.29, 0.717) is 19.2 Å². The molecule has 94 valence electrons. The summed E-state index contributed by atoms with van der Waals surface area (Å²) in [5.74, 6) is 0. The van der Waals surface area contributed by atoms with Gasteiger partial charge >= 0.3 is 0 Å². The summed E-state index contributed by atoms with van der Waals surface area (Å²) in [6.45, 7) is 3.66. The standard InChI is InChI=1S/C12H19N3O2/c13-7-11-10-3-6-17-8-12(10)15(14-11)9-1-4-16-5-2-9/h9H,1-8,13H2. The fourth-order valence-electron chi connectivity index (χ4n) is 2.74. The fourth-order valence-corrected chi connectivity index (χ4v) is 2.74. The molecule has 0 amide bonds. The van der Waals surface area contributed by atoms with E-state index >= 15 is 0 Å². The minimum absolute atomic E-state index is 0.458. The van der Waals surface area contributed by atoms with Gasteiger partial charge in [-0.3, -0.25) is 4.68 Å². The molecule has 2 N–H and O–H groups in total. The lowest BCUT2D eigenvalue weighted by Crippen LogP contribution is -2.23. The first kappa shape index (κ1) is 11.2. The molecule has 17 heavy (non-hydrogen) atoms. The first-order valence-electron chi connectivity index (χ1n) is 6.35. The SMILES string of the molecule is NCc1nn(C2CCOCC2)c2c1CCOC2. The zero-order valence-corrected chi connectivity index (χ0v) is 10.0. The van der Waals surface area contributed by atoms with E-state index in [1.807, 2.05) is 0 Å².